The maximum atomic E-state index is 13.6. The van der Waals surface area contributed by atoms with E-state index in [1.165, 1.54) is 7.11 Å². The smallest absolute Gasteiger partial charge is 0.373 e. The Hall–Kier alpha value is -3.00. The average molecular weight is 471 g/mol. The van der Waals surface area contributed by atoms with E-state index in [1.807, 2.05) is 32.6 Å². The Bertz CT molecular complexity index is 1110. The summed E-state index contributed by atoms with van der Waals surface area (Å²) in [7, 11) is 1.33. The second-order valence-corrected chi connectivity index (χ2v) is 9.54. The Kier molecular flexibility index (Phi) is 6.62. The second kappa shape index (κ2) is 9.33. The van der Waals surface area contributed by atoms with Crippen LogP contribution in [0.15, 0.2) is 16.5 Å². The van der Waals surface area contributed by atoms with Crippen LogP contribution >= 0.6 is 0 Å². The van der Waals surface area contributed by atoms with Crippen LogP contribution in [0.25, 0.3) is 0 Å². The number of amides is 1. The maximum Gasteiger partial charge on any atom is 0.373 e. The van der Waals surface area contributed by atoms with Gasteiger partial charge in [-0.05, 0) is 69.4 Å². The van der Waals surface area contributed by atoms with Gasteiger partial charge in [0.1, 0.15) is 17.3 Å². The van der Waals surface area contributed by atoms with Gasteiger partial charge in [0.05, 0.1) is 13.7 Å². The number of ether oxygens (including phenoxy) is 2. The fourth-order valence-electron chi connectivity index (χ4n) is 4.96. The quantitative estimate of drug-likeness (QED) is 0.684. The van der Waals surface area contributed by atoms with E-state index in [1.54, 1.807) is 12.1 Å². The Morgan fingerprint density at radius 1 is 1.09 bits per heavy atom. The number of carbonyl (C=O) groups is 2. The number of esters is 1. The Morgan fingerprint density at radius 2 is 1.85 bits per heavy atom. The van der Waals surface area contributed by atoms with E-state index >= 15 is 0 Å². The van der Waals surface area contributed by atoms with Crippen molar-refractivity contribution < 1.29 is 28.6 Å². The number of hydrogen-bond donors (Lipinski definition) is 1. The number of nitrogens with zero attached hydrogens (tertiary/aromatic N) is 2. The second-order valence-electron chi connectivity index (χ2n) is 9.54. The van der Waals surface area contributed by atoms with Crippen molar-refractivity contribution in [1.29, 1.82) is 0 Å². The summed E-state index contributed by atoms with van der Waals surface area (Å²) in [5.41, 5.74) is 2.60. The molecule has 3 heterocycles. The van der Waals surface area contributed by atoms with E-state index in [2.05, 4.69) is 4.90 Å². The molecule has 8 heteroatoms. The summed E-state index contributed by atoms with van der Waals surface area (Å²) >= 11 is 0. The number of rotatable bonds is 4. The van der Waals surface area contributed by atoms with E-state index in [-0.39, 0.29) is 11.7 Å². The average Bonchev–Trinajstić information content (AvgIpc) is 3.18. The monoisotopic (exact) mass is 470 g/mol. The van der Waals surface area contributed by atoms with Gasteiger partial charge in [-0.2, -0.15) is 0 Å². The van der Waals surface area contributed by atoms with Gasteiger partial charge in [-0.15, -0.1) is 0 Å². The lowest BCUT2D eigenvalue weighted by atomic mass is 9.86. The number of methoxy groups -OCH3 is 1. The Labute approximate surface area is 200 Å². The maximum absolute atomic E-state index is 13.6. The van der Waals surface area contributed by atoms with Crippen LogP contribution in [0.2, 0.25) is 0 Å². The number of fused-ring (bicyclic) bond motifs is 1. The highest BCUT2D eigenvalue weighted by Gasteiger charge is 2.43. The first-order valence-electron chi connectivity index (χ1n) is 11.8. The normalized spacial score (nSPS) is 20.9. The molecule has 1 amide bonds. The molecule has 1 saturated heterocycles. The standard InChI is InChI=1S/C26H34N2O6/c1-16-17(2)23-20(18(3)22(16)29)9-10-26(4,34-23)25(31)28-12-6-11-27(13-14-28)15-19-7-8-21(33-19)24(30)32-5/h7-8,29H,6,9-15H2,1-5H3. The van der Waals surface area contributed by atoms with Crippen LogP contribution in [0.3, 0.4) is 0 Å². The first-order chi connectivity index (χ1) is 16.1. The van der Waals surface area contributed by atoms with E-state index < -0.39 is 11.6 Å². The summed E-state index contributed by atoms with van der Waals surface area (Å²) in [5.74, 6) is 1.47. The van der Waals surface area contributed by atoms with Gasteiger partial charge in [0.2, 0.25) is 5.76 Å². The van der Waals surface area contributed by atoms with Crippen molar-refractivity contribution in [2.45, 2.75) is 59.1 Å². The predicted molar refractivity (Wildman–Crippen MR) is 126 cm³/mol. The van der Waals surface area contributed by atoms with Crippen molar-refractivity contribution in [1.82, 2.24) is 9.80 Å². The highest BCUT2D eigenvalue weighted by atomic mass is 16.5. The lowest BCUT2D eigenvalue weighted by Crippen LogP contribution is -2.53. The molecule has 1 atom stereocenters. The molecular weight excluding hydrogens is 436 g/mol. The van der Waals surface area contributed by atoms with E-state index in [9.17, 15) is 14.7 Å². The molecule has 8 nitrogen and oxygen atoms in total. The summed E-state index contributed by atoms with van der Waals surface area (Å²) < 4.78 is 16.7. The van der Waals surface area contributed by atoms with Gasteiger partial charge >= 0.3 is 5.97 Å². The molecule has 1 N–H and O–H groups in total. The zero-order valence-electron chi connectivity index (χ0n) is 20.7. The lowest BCUT2D eigenvalue weighted by molar-refractivity contribution is -0.148. The minimum Gasteiger partial charge on any atom is -0.507 e. The van der Waals surface area contributed by atoms with Crippen LogP contribution in [-0.2, 0) is 22.5 Å². The van der Waals surface area contributed by atoms with Crippen molar-refractivity contribution in [2.75, 3.05) is 33.3 Å². The van der Waals surface area contributed by atoms with E-state index in [0.717, 1.165) is 41.0 Å². The van der Waals surface area contributed by atoms with E-state index in [0.29, 0.717) is 50.5 Å². The molecule has 1 fully saturated rings. The molecule has 1 aromatic heterocycles. The molecule has 2 aliphatic heterocycles. The van der Waals surface area contributed by atoms with Crippen LogP contribution in [0.5, 0.6) is 11.5 Å². The molecule has 0 spiro atoms. The Morgan fingerprint density at radius 3 is 2.59 bits per heavy atom. The molecule has 1 unspecified atom stereocenters. The number of furan rings is 1. The number of benzene rings is 1. The topological polar surface area (TPSA) is 92.5 Å². The molecular formula is C26H34N2O6. The Balaban J connectivity index is 1.43. The van der Waals surface area contributed by atoms with Gasteiger partial charge in [0.15, 0.2) is 5.60 Å². The summed E-state index contributed by atoms with van der Waals surface area (Å²) in [6.07, 6.45) is 2.11. The fraction of sp³-hybridized carbons (Fsp3) is 0.538. The van der Waals surface area contributed by atoms with Crippen LogP contribution in [0.4, 0.5) is 0 Å². The third kappa shape index (κ3) is 4.39. The van der Waals surface area contributed by atoms with Crippen molar-refractivity contribution in [3.63, 3.8) is 0 Å². The van der Waals surface area contributed by atoms with Gasteiger partial charge in [-0.1, -0.05) is 0 Å². The zero-order chi connectivity index (χ0) is 24.6. The molecule has 0 saturated carbocycles. The van der Waals surface area contributed by atoms with E-state index in [4.69, 9.17) is 13.9 Å². The highest BCUT2D eigenvalue weighted by Crippen LogP contribution is 2.43. The molecule has 0 bridgehead atoms. The number of phenols is 1. The predicted octanol–water partition coefficient (Wildman–Crippen LogP) is 3.52. The van der Waals surface area contributed by atoms with Gasteiger partial charge in [-0.3, -0.25) is 9.69 Å². The van der Waals surface area contributed by atoms with Crippen molar-refractivity contribution in [2.24, 2.45) is 0 Å². The first kappa shape index (κ1) is 24.1. The first-order valence-corrected chi connectivity index (χ1v) is 11.8. The van der Waals surface area contributed by atoms with Gasteiger partial charge in [-0.25, -0.2) is 4.79 Å². The third-order valence-corrected chi connectivity index (χ3v) is 7.28. The lowest BCUT2D eigenvalue weighted by Gasteiger charge is -2.39. The van der Waals surface area contributed by atoms with Crippen molar-refractivity contribution in [3.05, 3.63) is 45.9 Å². The van der Waals surface area contributed by atoms with Gasteiger partial charge in [0, 0.05) is 38.2 Å². The van der Waals surface area contributed by atoms with Crippen LogP contribution in [-0.4, -0.2) is 65.7 Å². The minimum atomic E-state index is -0.931. The summed E-state index contributed by atoms with van der Waals surface area (Å²) in [6.45, 7) is 11.0. The molecule has 184 valence electrons. The molecule has 2 aliphatic rings. The van der Waals surface area contributed by atoms with Gasteiger partial charge < -0.3 is 23.9 Å². The van der Waals surface area contributed by atoms with Crippen molar-refractivity contribution in [3.8, 4) is 11.5 Å². The largest absolute Gasteiger partial charge is 0.507 e. The molecule has 0 aliphatic carbocycles. The van der Waals surface area contributed by atoms with Crippen LogP contribution in [0.1, 0.15) is 58.3 Å². The highest BCUT2D eigenvalue weighted by molar-refractivity contribution is 5.86. The number of carbonyl (C=O) groups excluding carboxylic acids is 2. The minimum absolute atomic E-state index is 0.00811. The molecule has 0 radical (unpaired) electrons. The van der Waals surface area contributed by atoms with Gasteiger partial charge in [0.25, 0.3) is 5.91 Å². The number of phenolic OH excluding ortho intramolecular Hbond substituents is 1. The van der Waals surface area contributed by atoms with Crippen LogP contribution in [0, 0.1) is 20.8 Å². The summed E-state index contributed by atoms with van der Waals surface area (Å²) in [4.78, 5) is 29.4. The van der Waals surface area contributed by atoms with Crippen molar-refractivity contribution >= 4 is 11.9 Å². The fourth-order valence-corrected chi connectivity index (χ4v) is 4.96. The molecule has 2 aromatic rings. The SMILES string of the molecule is COC(=O)c1ccc(CN2CCCN(C(=O)C3(C)CCc4c(C)c(O)c(C)c(C)c4O3)CC2)o1. The van der Waals surface area contributed by atoms with Crippen LogP contribution < -0.4 is 4.74 Å². The third-order valence-electron chi connectivity index (χ3n) is 7.28. The summed E-state index contributed by atoms with van der Waals surface area (Å²) in [5, 5.41) is 10.4. The summed E-state index contributed by atoms with van der Waals surface area (Å²) in [6, 6.07) is 3.41. The zero-order valence-corrected chi connectivity index (χ0v) is 20.7. The number of hydrogen-bond acceptors (Lipinski definition) is 7. The molecule has 34 heavy (non-hydrogen) atoms. The molecule has 4 rings (SSSR count). The number of aromatic hydroxyl groups is 1. The molecule has 1 aromatic carbocycles.